The highest BCUT2D eigenvalue weighted by atomic mass is 15.0. The van der Waals surface area contributed by atoms with E-state index >= 15 is 0 Å². The summed E-state index contributed by atoms with van der Waals surface area (Å²) in [6.07, 6.45) is 10.6. The summed E-state index contributed by atoms with van der Waals surface area (Å²) in [6, 6.07) is 0.424. The Kier molecular flexibility index (Phi) is 4.60. The number of H-pyrrole nitrogens is 1. The number of rotatable bonds is 5. The molecule has 0 aliphatic heterocycles. The summed E-state index contributed by atoms with van der Waals surface area (Å²) >= 11 is 0. The van der Waals surface area contributed by atoms with Crippen molar-refractivity contribution in [3.8, 4) is 0 Å². The van der Waals surface area contributed by atoms with Crippen molar-refractivity contribution in [3.05, 3.63) is 18.2 Å². The van der Waals surface area contributed by atoms with Gasteiger partial charge in [-0.15, -0.1) is 0 Å². The molecule has 2 N–H and O–H groups in total. The molecule has 0 aromatic carbocycles. The van der Waals surface area contributed by atoms with E-state index in [4.69, 9.17) is 0 Å². The zero-order chi connectivity index (χ0) is 12.1. The first-order chi connectivity index (χ1) is 8.35. The molecule has 0 bridgehead atoms. The molecule has 1 unspecified atom stereocenters. The van der Waals surface area contributed by atoms with Crippen molar-refractivity contribution in [2.75, 3.05) is 6.54 Å². The van der Waals surface area contributed by atoms with Crippen LogP contribution in [0.4, 0.5) is 0 Å². The third kappa shape index (κ3) is 3.09. The second-order valence-corrected chi connectivity index (χ2v) is 5.20. The van der Waals surface area contributed by atoms with Crippen molar-refractivity contribution in [2.24, 2.45) is 11.8 Å². The Balaban J connectivity index is 1.98. The van der Waals surface area contributed by atoms with E-state index in [9.17, 15) is 0 Å². The molecule has 1 heterocycles. The maximum atomic E-state index is 4.43. The molecule has 2 rings (SSSR count). The van der Waals surface area contributed by atoms with Gasteiger partial charge in [0.05, 0.1) is 6.04 Å². The molecular weight excluding hydrogens is 210 g/mol. The van der Waals surface area contributed by atoms with E-state index in [0.29, 0.717) is 6.04 Å². The lowest BCUT2D eigenvalue weighted by Crippen LogP contribution is -2.31. The standard InChI is InChI=1S/C14H25N3/c1-3-11-5-7-12(8-6-11)13(15-4-2)14-16-9-10-17-14/h9-13,15H,3-8H2,1-2H3,(H,16,17). The van der Waals surface area contributed by atoms with Gasteiger partial charge in [0.15, 0.2) is 0 Å². The summed E-state index contributed by atoms with van der Waals surface area (Å²) < 4.78 is 0. The molecule has 1 aromatic rings. The minimum absolute atomic E-state index is 0.424. The van der Waals surface area contributed by atoms with Crippen molar-refractivity contribution in [1.29, 1.82) is 0 Å². The zero-order valence-electron chi connectivity index (χ0n) is 11.1. The topological polar surface area (TPSA) is 40.7 Å². The first-order valence-electron chi connectivity index (χ1n) is 7.07. The number of imidazole rings is 1. The number of aromatic amines is 1. The van der Waals surface area contributed by atoms with Gasteiger partial charge in [0, 0.05) is 12.4 Å². The van der Waals surface area contributed by atoms with Crippen molar-refractivity contribution in [1.82, 2.24) is 15.3 Å². The van der Waals surface area contributed by atoms with Gasteiger partial charge in [0.1, 0.15) is 5.82 Å². The molecule has 0 amide bonds. The van der Waals surface area contributed by atoms with Gasteiger partial charge in [0.2, 0.25) is 0 Å². The van der Waals surface area contributed by atoms with Gasteiger partial charge >= 0.3 is 0 Å². The van der Waals surface area contributed by atoms with Crippen LogP contribution in [0.3, 0.4) is 0 Å². The second kappa shape index (κ2) is 6.20. The number of nitrogens with zero attached hydrogens (tertiary/aromatic N) is 1. The highest BCUT2D eigenvalue weighted by Crippen LogP contribution is 2.36. The third-order valence-electron chi connectivity index (χ3n) is 4.18. The molecule has 0 spiro atoms. The summed E-state index contributed by atoms with van der Waals surface area (Å²) in [5, 5.41) is 3.59. The molecule has 1 atom stereocenters. The van der Waals surface area contributed by atoms with E-state index in [1.165, 1.54) is 32.1 Å². The quantitative estimate of drug-likeness (QED) is 0.822. The average Bonchev–Trinajstić information content (AvgIpc) is 2.90. The Morgan fingerprint density at radius 3 is 2.65 bits per heavy atom. The van der Waals surface area contributed by atoms with Crippen LogP contribution in [0, 0.1) is 11.8 Å². The highest BCUT2D eigenvalue weighted by molar-refractivity contribution is 4.99. The molecular formula is C14H25N3. The predicted molar refractivity (Wildman–Crippen MR) is 70.7 cm³/mol. The normalized spacial score (nSPS) is 26.9. The van der Waals surface area contributed by atoms with Crippen LogP contribution < -0.4 is 5.32 Å². The lowest BCUT2D eigenvalue weighted by atomic mass is 9.77. The van der Waals surface area contributed by atoms with Crippen LogP contribution in [0.15, 0.2) is 12.4 Å². The largest absolute Gasteiger partial charge is 0.347 e. The molecule has 1 aromatic heterocycles. The van der Waals surface area contributed by atoms with Crippen LogP contribution in [0.2, 0.25) is 0 Å². The molecule has 0 radical (unpaired) electrons. The maximum absolute atomic E-state index is 4.43. The molecule has 0 saturated heterocycles. The van der Waals surface area contributed by atoms with Crippen LogP contribution in [-0.4, -0.2) is 16.5 Å². The molecule has 17 heavy (non-hydrogen) atoms. The first-order valence-corrected chi connectivity index (χ1v) is 7.07. The molecule has 1 aliphatic rings. The summed E-state index contributed by atoms with van der Waals surface area (Å²) in [6.45, 7) is 5.51. The van der Waals surface area contributed by atoms with Gasteiger partial charge in [-0.2, -0.15) is 0 Å². The van der Waals surface area contributed by atoms with Crippen LogP contribution >= 0.6 is 0 Å². The van der Waals surface area contributed by atoms with E-state index < -0.39 is 0 Å². The van der Waals surface area contributed by atoms with Gasteiger partial charge in [-0.1, -0.05) is 33.1 Å². The van der Waals surface area contributed by atoms with Crippen LogP contribution in [0.5, 0.6) is 0 Å². The molecule has 1 fully saturated rings. The molecule has 3 heteroatoms. The Hall–Kier alpha value is -0.830. The third-order valence-corrected chi connectivity index (χ3v) is 4.18. The predicted octanol–water partition coefficient (Wildman–Crippen LogP) is 3.28. The summed E-state index contributed by atoms with van der Waals surface area (Å²) in [7, 11) is 0. The van der Waals surface area contributed by atoms with E-state index in [-0.39, 0.29) is 0 Å². The van der Waals surface area contributed by atoms with E-state index in [2.05, 4.69) is 29.1 Å². The number of hydrogen-bond donors (Lipinski definition) is 2. The average molecular weight is 235 g/mol. The van der Waals surface area contributed by atoms with Crippen LogP contribution in [-0.2, 0) is 0 Å². The number of hydrogen-bond acceptors (Lipinski definition) is 2. The van der Waals surface area contributed by atoms with Crippen LogP contribution in [0.1, 0.15) is 57.8 Å². The smallest absolute Gasteiger partial charge is 0.123 e. The summed E-state index contributed by atoms with van der Waals surface area (Å²) in [5.41, 5.74) is 0. The van der Waals surface area contributed by atoms with Gasteiger partial charge in [-0.25, -0.2) is 4.98 Å². The van der Waals surface area contributed by atoms with E-state index in [1.54, 1.807) is 0 Å². The van der Waals surface area contributed by atoms with E-state index in [1.807, 2.05) is 12.4 Å². The van der Waals surface area contributed by atoms with Crippen molar-refractivity contribution < 1.29 is 0 Å². The monoisotopic (exact) mass is 235 g/mol. The fraction of sp³-hybridized carbons (Fsp3) is 0.786. The lowest BCUT2D eigenvalue weighted by molar-refractivity contribution is 0.215. The van der Waals surface area contributed by atoms with Crippen LogP contribution in [0.25, 0.3) is 0 Å². The maximum Gasteiger partial charge on any atom is 0.123 e. The summed E-state index contributed by atoms with van der Waals surface area (Å²) in [4.78, 5) is 7.70. The number of nitrogens with one attached hydrogen (secondary N) is 2. The van der Waals surface area contributed by atoms with Crippen molar-refractivity contribution in [3.63, 3.8) is 0 Å². The SMILES string of the molecule is CCNC(c1ncc[nH]1)C1CCC(CC)CC1. The Morgan fingerprint density at radius 2 is 2.12 bits per heavy atom. The van der Waals surface area contributed by atoms with Gasteiger partial charge in [-0.05, 0) is 31.2 Å². The molecule has 1 aliphatic carbocycles. The Morgan fingerprint density at radius 1 is 1.35 bits per heavy atom. The highest BCUT2D eigenvalue weighted by Gasteiger charge is 2.28. The number of aromatic nitrogens is 2. The summed E-state index contributed by atoms with van der Waals surface area (Å²) in [5.74, 6) is 2.83. The fourth-order valence-corrected chi connectivity index (χ4v) is 3.08. The van der Waals surface area contributed by atoms with Gasteiger partial charge in [-0.3, -0.25) is 0 Å². The van der Waals surface area contributed by atoms with Crippen molar-refractivity contribution >= 4 is 0 Å². The second-order valence-electron chi connectivity index (χ2n) is 5.20. The minimum atomic E-state index is 0.424. The van der Waals surface area contributed by atoms with E-state index in [0.717, 1.165) is 24.2 Å². The molecule has 96 valence electrons. The minimum Gasteiger partial charge on any atom is -0.347 e. The molecule has 3 nitrogen and oxygen atoms in total. The first kappa shape index (κ1) is 12.6. The fourth-order valence-electron chi connectivity index (χ4n) is 3.08. The Labute approximate surface area is 104 Å². The van der Waals surface area contributed by atoms with Gasteiger partial charge in [0.25, 0.3) is 0 Å². The molecule has 1 saturated carbocycles. The van der Waals surface area contributed by atoms with Gasteiger partial charge < -0.3 is 10.3 Å². The van der Waals surface area contributed by atoms with Crippen molar-refractivity contribution in [2.45, 2.75) is 52.0 Å². The lowest BCUT2D eigenvalue weighted by Gasteiger charge is -2.33. The zero-order valence-corrected chi connectivity index (χ0v) is 11.1. The Bertz CT molecular complexity index is 299.